The van der Waals surface area contributed by atoms with Crippen LogP contribution in [0.3, 0.4) is 0 Å². The van der Waals surface area contributed by atoms with E-state index in [-0.39, 0.29) is 6.61 Å². The number of hydrogen-bond acceptors (Lipinski definition) is 4. The van der Waals surface area contributed by atoms with E-state index in [1.165, 1.54) is 11.3 Å². The maximum atomic E-state index is 8.95. The summed E-state index contributed by atoms with van der Waals surface area (Å²) in [6.45, 7) is 4.56. The van der Waals surface area contributed by atoms with Crippen molar-refractivity contribution in [1.82, 2.24) is 4.98 Å². The predicted molar refractivity (Wildman–Crippen MR) is 68.3 cm³/mol. The average molecular weight is 249 g/mol. The van der Waals surface area contributed by atoms with E-state index < -0.39 is 0 Å². The van der Waals surface area contributed by atoms with Gasteiger partial charge in [-0.15, -0.1) is 11.3 Å². The molecule has 0 radical (unpaired) electrons. The van der Waals surface area contributed by atoms with Gasteiger partial charge in [-0.3, -0.25) is 0 Å². The molecule has 0 amide bonds. The number of para-hydroxylation sites is 1. The fraction of sp³-hybridized carbons (Fsp3) is 0.308. The van der Waals surface area contributed by atoms with Gasteiger partial charge in [-0.2, -0.15) is 0 Å². The number of aryl methyl sites for hydroxylation is 2. The van der Waals surface area contributed by atoms with Crippen molar-refractivity contribution in [3.05, 3.63) is 45.4 Å². The lowest BCUT2D eigenvalue weighted by molar-refractivity contribution is 0.285. The Balaban J connectivity index is 2.07. The van der Waals surface area contributed by atoms with Gasteiger partial charge >= 0.3 is 0 Å². The minimum atomic E-state index is 0.0427. The summed E-state index contributed by atoms with van der Waals surface area (Å²) in [6, 6.07) is 6.08. The van der Waals surface area contributed by atoms with Crippen LogP contribution in [-0.4, -0.2) is 10.1 Å². The Bertz CT molecular complexity index is 488. The highest BCUT2D eigenvalue weighted by Crippen LogP contribution is 2.24. The maximum absolute atomic E-state index is 8.95. The summed E-state index contributed by atoms with van der Waals surface area (Å²) < 4.78 is 5.78. The number of hydrogen-bond donors (Lipinski definition) is 1. The SMILES string of the molecule is Cc1cccc(C)c1OCc1ncc(CO)s1. The van der Waals surface area contributed by atoms with Gasteiger partial charge in [-0.1, -0.05) is 18.2 Å². The fourth-order valence-corrected chi connectivity index (χ4v) is 2.34. The van der Waals surface area contributed by atoms with Gasteiger partial charge in [-0.05, 0) is 25.0 Å². The number of aromatic nitrogens is 1. The van der Waals surface area contributed by atoms with Crippen LogP contribution in [0.5, 0.6) is 5.75 Å². The summed E-state index contributed by atoms with van der Waals surface area (Å²) in [5, 5.41) is 9.84. The minimum Gasteiger partial charge on any atom is -0.486 e. The van der Waals surface area contributed by atoms with Gasteiger partial charge in [0.05, 0.1) is 11.5 Å². The molecule has 0 aliphatic rings. The van der Waals surface area contributed by atoms with Crippen molar-refractivity contribution >= 4 is 11.3 Å². The highest BCUT2D eigenvalue weighted by Gasteiger charge is 2.06. The molecule has 0 atom stereocenters. The van der Waals surface area contributed by atoms with Gasteiger partial charge in [0.2, 0.25) is 0 Å². The number of ether oxygens (including phenoxy) is 1. The van der Waals surface area contributed by atoms with Crippen molar-refractivity contribution in [2.75, 3.05) is 0 Å². The molecule has 0 saturated heterocycles. The zero-order valence-electron chi connectivity index (χ0n) is 9.93. The topological polar surface area (TPSA) is 42.4 Å². The first-order chi connectivity index (χ1) is 8.20. The normalized spacial score (nSPS) is 10.5. The molecule has 2 rings (SSSR count). The average Bonchev–Trinajstić information content (AvgIpc) is 2.76. The molecule has 0 spiro atoms. The molecule has 0 aliphatic heterocycles. The smallest absolute Gasteiger partial charge is 0.140 e. The molecule has 4 heteroatoms. The van der Waals surface area contributed by atoms with Gasteiger partial charge in [0.15, 0.2) is 0 Å². The Hall–Kier alpha value is -1.39. The fourth-order valence-electron chi connectivity index (χ4n) is 1.65. The summed E-state index contributed by atoms with van der Waals surface area (Å²) in [6.07, 6.45) is 1.69. The van der Waals surface area contributed by atoms with E-state index in [4.69, 9.17) is 9.84 Å². The molecule has 2 aromatic rings. The maximum Gasteiger partial charge on any atom is 0.140 e. The van der Waals surface area contributed by atoms with Crippen LogP contribution >= 0.6 is 11.3 Å². The molecule has 0 saturated carbocycles. The standard InChI is InChI=1S/C13H15NO2S/c1-9-4-3-5-10(2)13(9)16-8-12-14-6-11(7-15)17-12/h3-6,15H,7-8H2,1-2H3. The number of thiazole rings is 1. The van der Waals surface area contributed by atoms with Crippen molar-refractivity contribution in [2.45, 2.75) is 27.1 Å². The van der Waals surface area contributed by atoms with Crippen molar-refractivity contribution in [3.63, 3.8) is 0 Å². The van der Waals surface area contributed by atoms with E-state index in [1.807, 2.05) is 32.0 Å². The van der Waals surface area contributed by atoms with Gasteiger partial charge in [-0.25, -0.2) is 4.98 Å². The molecule has 90 valence electrons. The minimum absolute atomic E-state index is 0.0427. The van der Waals surface area contributed by atoms with Gasteiger partial charge in [0.25, 0.3) is 0 Å². The number of benzene rings is 1. The van der Waals surface area contributed by atoms with Crippen LogP contribution in [0.25, 0.3) is 0 Å². The van der Waals surface area contributed by atoms with Gasteiger partial charge < -0.3 is 9.84 Å². The first kappa shape index (κ1) is 12.1. The van der Waals surface area contributed by atoms with E-state index in [0.717, 1.165) is 26.8 Å². The molecular weight excluding hydrogens is 234 g/mol. The van der Waals surface area contributed by atoms with E-state index >= 15 is 0 Å². The first-order valence-corrected chi connectivity index (χ1v) is 6.26. The van der Waals surface area contributed by atoms with Gasteiger partial charge in [0.1, 0.15) is 17.4 Å². The lowest BCUT2D eigenvalue weighted by atomic mass is 10.1. The molecule has 0 unspecified atom stereocenters. The Morgan fingerprint density at radius 3 is 2.59 bits per heavy atom. The second kappa shape index (κ2) is 5.29. The Morgan fingerprint density at radius 1 is 1.29 bits per heavy atom. The van der Waals surface area contributed by atoms with E-state index in [9.17, 15) is 0 Å². The van der Waals surface area contributed by atoms with Crippen molar-refractivity contribution in [2.24, 2.45) is 0 Å². The highest BCUT2D eigenvalue weighted by molar-refractivity contribution is 7.11. The molecule has 0 fully saturated rings. The molecule has 3 nitrogen and oxygen atoms in total. The molecule has 1 aromatic carbocycles. The zero-order chi connectivity index (χ0) is 12.3. The zero-order valence-corrected chi connectivity index (χ0v) is 10.8. The summed E-state index contributed by atoms with van der Waals surface area (Å²) in [5.74, 6) is 0.924. The number of aliphatic hydroxyl groups excluding tert-OH is 1. The Labute approximate surface area is 105 Å². The largest absolute Gasteiger partial charge is 0.486 e. The van der Waals surface area contributed by atoms with Crippen LogP contribution in [0.2, 0.25) is 0 Å². The third-order valence-corrected chi connectivity index (χ3v) is 3.46. The molecule has 1 heterocycles. The third-order valence-electron chi connectivity index (χ3n) is 2.51. The van der Waals surface area contributed by atoms with Crippen LogP contribution in [0.4, 0.5) is 0 Å². The Morgan fingerprint density at radius 2 is 2.00 bits per heavy atom. The van der Waals surface area contributed by atoms with Crippen molar-refractivity contribution in [3.8, 4) is 5.75 Å². The molecule has 0 bridgehead atoms. The molecule has 1 aromatic heterocycles. The third kappa shape index (κ3) is 2.84. The molecular formula is C13H15NO2S. The van der Waals surface area contributed by atoms with Crippen LogP contribution in [0.1, 0.15) is 21.0 Å². The second-order valence-corrected chi connectivity index (χ2v) is 5.09. The van der Waals surface area contributed by atoms with Crippen LogP contribution < -0.4 is 4.74 Å². The van der Waals surface area contributed by atoms with E-state index in [2.05, 4.69) is 4.98 Å². The lowest BCUT2D eigenvalue weighted by Crippen LogP contribution is -1.98. The summed E-state index contributed by atoms with van der Waals surface area (Å²) >= 11 is 1.48. The predicted octanol–water partition coefficient (Wildman–Crippen LogP) is 2.83. The molecule has 0 aliphatic carbocycles. The Kier molecular flexibility index (Phi) is 3.76. The first-order valence-electron chi connectivity index (χ1n) is 5.44. The summed E-state index contributed by atoms with van der Waals surface area (Å²) in [4.78, 5) is 5.06. The van der Waals surface area contributed by atoms with Crippen molar-refractivity contribution < 1.29 is 9.84 Å². The van der Waals surface area contributed by atoms with Crippen molar-refractivity contribution in [1.29, 1.82) is 0 Å². The van der Waals surface area contributed by atoms with E-state index in [0.29, 0.717) is 6.61 Å². The monoisotopic (exact) mass is 249 g/mol. The van der Waals surface area contributed by atoms with Crippen LogP contribution in [0.15, 0.2) is 24.4 Å². The number of aliphatic hydroxyl groups is 1. The highest BCUT2D eigenvalue weighted by atomic mass is 32.1. The number of nitrogens with zero attached hydrogens (tertiary/aromatic N) is 1. The second-order valence-electron chi connectivity index (χ2n) is 3.89. The summed E-state index contributed by atoms with van der Waals surface area (Å²) in [7, 11) is 0. The molecule has 1 N–H and O–H groups in total. The summed E-state index contributed by atoms with van der Waals surface area (Å²) in [5.41, 5.74) is 2.26. The molecule has 17 heavy (non-hydrogen) atoms. The van der Waals surface area contributed by atoms with E-state index in [1.54, 1.807) is 6.20 Å². The van der Waals surface area contributed by atoms with Crippen LogP contribution in [-0.2, 0) is 13.2 Å². The van der Waals surface area contributed by atoms with Crippen LogP contribution in [0, 0.1) is 13.8 Å². The van der Waals surface area contributed by atoms with Gasteiger partial charge in [0, 0.05) is 6.20 Å². The number of rotatable bonds is 4. The lowest BCUT2D eigenvalue weighted by Gasteiger charge is -2.10. The quantitative estimate of drug-likeness (QED) is 0.906.